The van der Waals surface area contributed by atoms with Crippen molar-refractivity contribution in [2.75, 3.05) is 20.3 Å². The number of carbonyl (C=O) groups excluding carboxylic acids is 1. The SMILES string of the molecule is CCC.CCO[C@H]1CCN(Cc2c(OC)cc(C)c3[nH]ccc23)C(c2ccc(C(C)=O)cc2)C1.[HH].[HH]. The molecule has 1 aromatic heterocycles. The minimum absolute atomic E-state index is 0. The standard InChI is InChI=1S/C26H32N2O3.C3H8.2H2/c1-5-31-21-11-13-28(24(15-21)20-8-6-19(7-9-20)18(3)29)16-23-22-10-12-27-26(22)17(2)14-25(23)30-4;1-3-2;;/h6-10,12,14,21,24,27H,5,11,13,15-16H2,1-4H3;3H2,1-2H3;2*1H/t21-,24?;;;/m0.../s1. The Hall–Kier alpha value is -2.63. The Labute approximate surface area is 207 Å². The molecule has 0 spiro atoms. The minimum Gasteiger partial charge on any atom is -0.496 e. The monoisotopic (exact) mass is 468 g/mol. The van der Waals surface area contributed by atoms with Crippen molar-refractivity contribution in [3.8, 4) is 5.75 Å². The van der Waals surface area contributed by atoms with Crippen LogP contribution in [0.1, 0.15) is 82.9 Å². The van der Waals surface area contributed by atoms with Crippen molar-refractivity contribution in [3.63, 3.8) is 0 Å². The fraction of sp³-hybridized carbons (Fsp3) is 0.483. The number of Topliss-reactive ketones (excluding diaryl/α,β-unsaturated/α-hetero) is 1. The number of hydrogen-bond acceptors (Lipinski definition) is 4. The van der Waals surface area contributed by atoms with E-state index in [2.05, 4.69) is 61.8 Å². The summed E-state index contributed by atoms with van der Waals surface area (Å²) in [6, 6.07) is 12.6. The lowest BCUT2D eigenvalue weighted by Gasteiger charge is -2.40. The summed E-state index contributed by atoms with van der Waals surface area (Å²) in [5, 5.41) is 1.22. The van der Waals surface area contributed by atoms with Crippen molar-refractivity contribution < 1.29 is 17.1 Å². The van der Waals surface area contributed by atoms with Gasteiger partial charge in [0.15, 0.2) is 5.78 Å². The van der Waals surface area contributed by atoms with E-state index in [1.807, 2.05) is 18.3 Å². The smallest absolute Gasteiger partial charge is 0.159 e. The minimum atomic E-state index is 0. The van der Waals surface area contributed by atoms with Crippen LogP contribution < -0.4 is 4.74 Å². The first-order chi connectivity index (χ1) is 16.4. The zero-order valence-corrected chi connectivity index (χ0v) is 21.6. The number of nitrogens with zero attached hydrogens (tertiary/aromatic N) is 1. The molecule has 0 bridgehead atoms. The normalized spacial score (nSPS) is 18.4. The number of aromatic nitrogens is 1. The Morgan fingerprint density at radius 2 is 1.88 bits per heavy atom. The van der Waals surface area contributed by atoms with Gasteiger partial charge in [0.2, 0.25) is 0 Å². The number of ether oxygens (including phenoxy) is 2. The van der Waals surface area contributed by atoms with Gasteiger partial charge < -0.3 is 14.5 Å². The quantitative estimate of drug-likeness (QED) is 0.369. The molecule has 0 saturated carbocycles. The van der Waals surface area contributed by atoms with E-state index in [1.165, 1.54) is 34.0 Å². The van der Waals surface area contributed by atoms with E-state index >= 15 is 0 Å². The third-order valence-corrected chi connectivity index (χ3v) is 6.46. The fourth-order valence-electron chi connectivity index (χ4n) is 4.83. The molecule has 3 aromatic rings. The molecule has 5 nitrogen and oxygen atoms in total. The first kappa shape index (κ1) is 26.0. The molecule has 0 aliphatic carbocycles. The number of ketones is 1. The second-order valence-corrected chi connectivity index (χ2v) is 9.11. The Morgan fingerprint density at radius 3 is 2.50 bits per heavy atom. The van der Waals surface area contributed by atoms with Gasteiger partial charge in [-0.25, -0.2) is 0 Å². The Bertz CT molecular complexity index is 1080. The maximum Gasteiger partial charge on any atom is 0.159 e. The molecule has 1 aliphatic heterocycles. The molecule has 188 valence electrons. The van der Waals surface area contributed by atoms with Gasteiger partial charge in [0, 0.05) is 56.8 Å². The van der Waals surface area contributed by atoms with Crippen LogP contribution in [0, 0.1) is 6.92 Å². The first-order valence-corrected chi connectivity index (χ1v) is 12.5. The van der Waals surface area contributed by atoms with Gasteiger partial charge >= 0.3 is 0 Å². The number of hydrogen-bond donors (Lipinski definition) is 1. The first-order valence-electron chi connectivity index (χ1n) is 12.5. The lowest BCUT2D eigenvalue weighted by atomic mass is 9.91. The summed E-state index contributed by atoms with van der Waals surface area (Å²) >= 11 is 0. The van der Waals surface area contributed by atoms with E-state index in [0.29, 0.717) is 0 Å². The molecule has 5 heteroatoms. The highest BCUT2D eigenvalue weighted by Gasteiger charge is 2.31. The summed E-state index contributed by atoms with van der Waals surface area (Å²) in [7, 11) is 1.75. The highest BCUT2D eigenvalue weighted by Crippen LogP contribution is 2.37. The maximum atomic E-state index is 11.7. The van der Waals surface area contributed by atoms with Gasteiger partial charge in [-0.15, -0.1) is 0 Å². The number of likely N-dealkylation sites (tertiary alicyclic amines) is 1. The van der Waals surface area contributed by atoms with Crippen LogP contribution in [-0.4, -0.2) is 42.0 Å². The largest absolute Gasteiger partial charge is 0.496 e. The molecule has 2 atom stereocenters. The second kappa shape index (κ2) is 12.2. The summed E-state index contributed by atoms with van der Waals surface area (Å²) in [6.07, 6.45) is 5.46. The highest BCUT2D eigenvalue weighted by atomic mass is 16.5. The topological polar surface area (TPSA) is 54.6 Å². The molecular formula is C29H44N2O3. The molecular weight excluding hydrogens is 424 g/mol. The van der Waals surface area contributed by atoms with Gasteiger partial charge in [-0.2, -0.15) is 0 Å². The molecule has 1 aliphatic rings. The number of benzene rings is 2. The number of H-pyrrole nitrogens is 1. The van der Waals surface area contributed by atoms with Crippen LogP contribution >= 0.6 is 0 Å². The van der Waals surface area contributed by atoms with Crippen molar-refractivity contribution in [1.82, 2.24) is 9.88 Å². The summed E-state index contributed by atoms with van der Waals surface area (Å²) < 4.78 is 11.8. The zero-order valence-electron chi connectivity index (χ0n) is 21.6. The number of aromatic amines is 1. The van der Waals surface area contributed by atoms with E-state index in [-0.39, 0.29) is 20.8 Å². The zero-order chi connectivity index (χ0) is 24.7. The molecule has 1 unspecified atom stereocenters. The highest BCUT2D eigenvalue weighted by molar-refractivity contribution is 5.94. The average Bonchev–Trinajstić information content (AvgIpc) is 3.33. The Balaban J connectivity index is 0.00000123. The summed E-state index contributed by atoms with van der Waals surface area (Å²) in [6.45, 7) is 12.5. The van der Waals surface area contributed by atoms with Gasteiger partial charge in [-0.05, 0) is 56.9 Å². The average molecular weight is 469 g/mol. The van der Waals surface area contributed by atoms with Crippen molar-refractivity contribution in [1.29, 1.82) is 0 Å². The lowest BCUT2D eigenvalue weighted by Crippen LogP contribution is -2.39. The molecule has 2 aromatic carbocycles. The number of rotatable bonds is 7. The number of aryl methyl sites for hydroxylation is 1. The van der Waals surface area contributed by atoms with Crippen LogP contribution in [0.5, 0.6) is 5.75 Å². The summed E-state index contributed by atoms with van der Waals surface area (Å²) in [5.74, 6) is 1.03. The van der Waals surface area contributed by atoms with Crippen molar-refractivity contribution >= 4 is 16.7 Å². The number of nitrogens with one attached hydrogen (secondary N) is 1. The van der Waals surface area contributed by atoms with Gasteiger partial charge in [-0.3, -0.25) is 9.69 Å². The molecule has 0 radical (unpaired) electrons. The maximum absolute atomic E-state index is 11.7. The van der Waals surface area contributed by atoms with Gasteiger partial charge in [0.25, 0.3) is 0 Å². The molecule has 1 saturated heterocycles. The van der Waals surface area contributed by atoms with Crippen LogP contribution in [0.15, 0.2) is 42.6 Å². The van der Waals surface area contributed by atoms with Crippen LogP contribution in [0.2, 0.25) is 0 Å². The van der Waals surface area contributed by atoms with Gasteiger partial charge in [0.1, 0.15) is 5.75 Å². The van der Waals surface area contributed by atoms with Crippen molar-refractivity contribution in [3.05, 3.63) is 64.8 Å². The van der Waals surface area contributed by atoms with Crippen molar-refractivity contribution in [2.45, 2.75) is 72.6 Å². The Morgan fingerprint density at radius 1 is 1.18 bits per heavy atom. The lowest BCUT2D eigenvalue weighted by molar-refractivity contribution is -0.0138. The summed E-state index contributed by atoms with van der Waals surface area (Å²) in [5.41, 5.74) is 5.55. The fourth-order valence-corrected chi connectivity index (χ4v) is 4.83. The number of methoxy groups -OCH3 is 1. The Kier molecular flexibility index (Phi) is 9.31. The van der Waals surface area contributed by atoms with E-state index in [1.54, 1.807) is 14.0 Å². The van der Waals surface area contributed by atoms with Crippen LogP contribution in [0.3, 0.4) is 0 Å². The van der Waals surface area contributed by atoms with Crippen LogP contribution in [-0.2, 0) is 11.3 Å². The van der Waals surface area contributed by atoms with Gasteiger partial charge in [0.05, 0.1) is 13.2 Å². The predicted molar refractivity (Wildman–Crippen MR) is 144 cm³/mol. The van der Waals surface area contributed by atoms with Gasteiger partial charge in [-0.1, -0.05) is 44.5 Å². The van der Waals surface area contributed by atoms with E-state index in [4.69, 9.17) is 9.47 Å². The molecule has 2 heterocycles. The molecule has 34 heavy (non-hydrogen) atoms. The number of fused-ring (bicyclic) bond motifs is 1. The third kappa shape index (κ3) is 5.89. The van der Waals surface area contributed by atoms with E-state index in [9.17, 15) is 4.79 Å². The molecule has 1 fully saturated rings. The van der Waals surface area contributed by atoms with E-state index < -0.39 is 0 Å². The number of carbonyl (C=O) groups is 1. The van der Waals surface area contributed by atoms with Crippen LogP contribution in [0.25, 0.3) is 10.9 Å². The van der Waals surface area contributed by atoms with Crippen molar-refractivity contribution in [2.24, 2.45) is 0 Å². The second-order valence-electron chi connectivity index (χ2n) is 9.11. The van der Waals surface area contributed by atoms with E-state index in [0.717, 1.165) is 43.9 Å². The number of piperidine rings is 1. The predicted octanol–water partition coefficient (Wildman–Crippen LogP) is 7.34. The summed E-state index contributed by atoms with van der Waals surface area (Å²) in [4.78, 5) is 17.6. The van der Waals surface area contributed by atoms with Crippen LogP contribution in [0.4, 0.5) is 0 Å². The third-order valence-electron chi connectivity index (χ3n) is 6.46. The molecule has 1 N–H and O–H groups in total. The molecule has 4 rings (SSSR count). The molecule has 0 amide bonds.